The Morgan fingerprint density at radius 3 is 1.85 bits per heavy atom. The van der Waals surface area contributed by atoms with E-state index in [0.29, 0.717) is 12.0 Å². The number of hydrogen-bond donors (Lipinski definition) is 1. The van der Waals surface area contributed by atoms with E-state index in [1.807, 2.05) is 60.7 Å². The summed E-state index contributed by atoms with van der Waals surface area (Å²) in [4.78, 5) is 2.67. The molecule has 3 aromatic rings. The highest BCUT2D eigenvalue weighted by molar-refractivity contribution is 5.85. The van der Waals surface area contributed by atoms with Crippen LogP contribution in [0.15, 0.2) is 78.9 Å². The van der Waals surface area contributed by atoms with Crippen LogP contribution in [0.1, 0.15) is 37.3 Å². The fourth-order valence-corrected chi connectivity index (χ4v) is 5.12. The fourth-order valence-electron chi connectivity index (χ4n) is 5.12. The van der Waals surface area contributed by atoms with E-state index in [9.17, 15) is 0 Å². The number of nitrogens with one attached hydrogen (secondary N) is 1. The number of para-hydroxylation sites is 2. The van der Waals surface area contributed by atoms with E-state index in [1.165, 1.54) is 31.2 Å². The Morgan fingerprint density at radius 2 is 1.26 bits per heavy atom. The summed E-state index contributed by atoms with van der Waals surface area (Å²) >= 11 is 0. The maximum absolute atomic E-state index is 6.37. The monoisotopic (exact) mass is 500 g/mol. The van der Waals surface area contributed by atoms with Crippen LogP contribution in [-0.4, -0.2) is 31.1 Å². The van der Waals surface area contributed by atoms with Gasteiger partial charge in [-0.3, -0.25) is 4.90 Å². The molecular formula is C28H34Cl2N2O2. The van der Waals surface area contributed by atoms with E-state index in [4.69, 9.17) is 9.47 Å². The number of benzene rings is 3. The molecule has 4 nitrogen and oxygen atoms in total. The third kappa shape index (κ3) is 6.45. The lowest BCUT2D eigenvalue weighted by Gasteiger charge is -2.39. The lowest BCUT2D eigenvalue weighted by molar-refractivity contribution is 0.125. The highest BCUT2D eigenvalue weighted by atomic mass is 35.5. The number of ether oxygens (including phenoxy) is 2. The lowest BCUT2D eigenvalue weighted by atomic mass is 9.89. The van der Waals surface area contributed by atoms with E-state index in [1.54, 1.807) is 0 Å². The largest absolute Gasteiger partial charge is 0.453 e. The molecule has 0 spiro atoms. The smallest absolute Gasteiger partial charge is 0.170 e. The van der Waals surface area contributed by atoms with Crippen LogP contribution in [-0.2, 0) is 0 Å². The Labute approximate surface area is 215 Å². The number of halogens is 2. The molecule has 1 saturated heterocycles. The van der Waals surface area contributed by atoms with Crippen molar-refractivity contribution in [3.63, 3.8) is 0 Å². The summed E-state index contributed by atoms with van der Waals surface area (Å²) in [6.07, 6.45) is 5.31. The maximum Gasteiger partial charge on any atom is 0.170 e. The molecule has 1 aliphatic heterocycles. The first-order chi connectivity index (χ1) is 15.9. The van der Waals surface area contributed by atoms with Crippen LogP contribution in [0.5, 0.6) is 23.0 Å². The summed E-state index contributed by atoms with van der Waals surface area (Å²) < 4.78 is 12.6. The molecular weight excluding hydrogens is 467 g/mol. The molecule has 0 unspecified atom stereocenters. The molecule has 1 N–H and O–H groups in total. The first kappa shape index (κ1) is 26.4. The second kappa shape index (κ2) is 13.0. The standard InChI is InChI=1S/C28H32N2O2.2ClH/c1-3-11-24(12-4-1)31-26-16-15-23(21-27(26)32-25-13-5-2-6-14-25)28(22-9-7-8-10-22)30-19-17-29-18-20-30;;/h1-6,11-16,21-22,28-29H,7-10,17-20H2;2*1H/t28-;;/m1../s1. The molecule has 2 aliphatic rings. The highest BCUT2D eigenvalue weighted by Crippen LogP contribution is 2.43. The van der Waals surface area contributed by atoms with Crippen molar-refractivity contribution in [1.29, 1.82) is 0 Å². The molecule has 1 heterocycles. The van der Waals surface area contributed by atoms with Crippen LogP contribution >= 0.6 is 24.8 Å². The van der Waals surface area contributed by atoms with Crippen molar-refractivity contribution < 1.29 is 9.47 Å². The van der Waals surface area contributed by atoms with Crippen molar-refractivity contribution in [2.24, 2.45) is 5.92 Å². The van der Waals surface area contributed by atoms with E-state index in [-0.39, 0.29) is 24.8 Å². The van der Waals surface area contributed by atoms with Gasteiger partial charge in [-0.05, 0) is 60.7 Å². The van der Waals surface area contributed by atoms with Crippen LogP contribution in [0, 0.1) is 5.92 Å². The van der Waals surface area contributed by atoms with Gasteiger partial charge in [0.05, 0.1) is 0 Å². The minimum atomic E-state index is 0. The second-order valence-electron chi connectivity index (χ2n) is 8.81. The Morgan fingerprint density at radius 1 is 0.706 bits per heavy atom. The molecule has 2 fully saturated rings. The van der Waals surface area contributed by atoms with Gasteiger partial charge < -0.3 is 14.8 Å². The second-order valence-corrected chi connectivity index (χ2v) is 8.81. The lowest BCUT2D eigenvalue weighted by Crippen LogP contribution is -2.46. The van der Waals surface area contributed by atoms with Crippen molar-refractivity contribution in [3.8, 4) is 23.0 Å². The molecule has 5 rings (SSSR count). The molecule has 1 atom stereocenters. The number of rotatable bonds is 7. The third-order valence-electron chi connectivity index (χ3n) is 6.64. The van der Waals surface area contributed by atoms with Gasteiger partial charge in [-0.2, -0.15) is 0 Å². The van der Waals surface area contributed by atoms with Gasteiger partial charge in [0.1, 0.15) is 11.5 Å². The zero-order chi connectivity index (χ0) is 21.6. The first-order valence-corrected chi connectivity index (χ1v) is 11.9. The van der Waals surface area contributed by atoms with Crippen molar-refractivity contribution in [2.75, 3.05) is 26.2 Å². The molecule has 182 valence electrons. The fraction of sp³-hybridized carbons (Fsp3) is 0.357. The molecule has 0 bridgehead atoms. The molecule has 0 radical (unpaired) electrons. The third-order valence-corrected chi connectivity index (χ3v) is 6.64. The highest BCUT2D eigenvalue weighted by Gasteiger charge is 2.32. The van der Waals surface area contributed by atoms with E-state index in [0.717, 1.165) is 49.2 Å². The van der Waals surface area contributed by atoms with Gasteiger partial charge in [0.15, 0.2) is 11.5 Å². The summed E-state index contributed by atoms with van der Waals surface area (Å²) in [6, 6.07) is 26.9. The van der Waals surface area contributed by atoms with Crippen LogP contribution < -0.4 is 14.8 Å². The van der Waals surface area contributed by atoms with Crippen molar-refractivity contribution in [3.05, 3.63) is 84.4 Å². The van der Waals surface area contributed by atoms with Crippen LogP contribution in [0.25, 0.3) is 0 Å². The molecule has 0 amide bonds. The molecule has 0 aromatic heterocycles. The molecule has 1 aliphatic carbocycles. The van der Waals surface area contributed by atoms with Crippen molar-refractivity contribution in [2.45, 2.75) is 31.7 Å². The number of nitrogens with zero attached hydrogens (tertiary/aromatic N) is 1. The summed E-state index contributed by atoms with van der Waals surface area (Å²) in [5.41, 5.74) is 1.34. The summed E-state index contributed by atoms with van der Waals surface area (Å²) in [5.74, 6) is 3.86. The predicted molar refractivity (Wildman–Crippen MR) is 143 cm³/mol. The summed E-state index contributed by atoms with van der Waals surface area (Å²) in [6.45, 7) is 4.31. The van der Waals surface area contributed by atoms with Crippen LogP contribution in [0.2, 0.25) is 0 Å². The van der Waals surface area contributed by atoms with Gasteiger partial charge in [-0.15, -0.1) is 24.8 Å². The Balaban J connectivity index is 0.00000162. The Bertz CT molecular complexity index is 992. The zero-order valence-electron chi connectivity index (χ0n) is 19.4. The average Bonchev–Trinajstić information content (AvgIpc) is 3.37. The summed E-state index contributed by atoms with van der Waals surface area (Å²) in [7, 11) is 0. The van der Waals surface area contributed by atoms with Gasteiger partial charge >= 0.3 is 0 Å². The van der Waals surface area contributed by atoms with Gasteiger partial charge in [0, 0.05) is 32.2 Å². The average molecular weight is 501 g/mol. The Kier molecular flexibility index (Phi) is 10.1. The number of hydrogen-bond acceptors (Lipinski definition) is 4. The normalized spacial score (nSPS) is 17.3. The SMILES string of the molecule is Cl.Cl.c1ccc(Oc2ccc([C@@H](C3CCCC3)N3CCNCC3)cc2Oc2ccccc2)cc1. The van der Waals surface area contributed by atoms with Gasteiger partial charge in [-0.1, -0.05) is 55.3 Å². The van der Waals surface area contributed by atoms with E-state index < -0.39 is 0 Å². The Hall–Kier alpha value is -2.24. The van der Waals surface area contributed by atoms with E-state index >= 15 is 0 Å². The van der Waals surface area contributed by atoms with E-state index in [2.05, 4.69) is 28.4 Å². The minimum Gasteiger partial charge on any atom is -0.453 e. The van der Waals surface area contributed by atoms with Gasteiger partial charge in [-0.25, -0.2) is 0 Å². The molecule has 3 aromatic carbocycles. The predicted octanol–water partition coefficient (Wildman–Crippen LogP) is 7.25. The molecule has 34 heavy (non-hydrogen) atoms. The quantitative estimate of drug-likeness (QED) is 0.370. The van der Waals surface area contributed by atoms with Crippen LogP contribution in [0.4, 0.5) is 0 Å². The topological polar surface area (TPSA) is 33.7 Å². The first-order valence-electron chi connectivity index (χ1n) is 11.9. The molecule has 1 saturated carbocycles. The van der Waals surface area contributed by atoms with Gasteiger partial charge in [0.25, 0.3) is 0 Å². The van der Waals surface area contributed by atoms with Crippen LogP contribution in [0.3, 0.4) is 0 Å². The van der Waals surface area contributed by atoms with Crippen molar-refractivity contribution in [1.82, 2.24) is 10.2 Å². The zero-order valence-corrected chi connectivity index (χ0v) is 21.0. The van der Waals surface area contributed by atoms with Crippen molar-refractivity contribution >= 4 is 24.8 Å². The maximum atomic E-state index is 6.37. The number of piperazine rings is 1. The summed E-state index contributed by atoms with van der Waals surface area (Å²) in [5, 5.41) is 3.51. The minimum absolute atomic E-state index is 0. The molecule has 6 heteroatoms. The van der Waals surface area contributed by atoms with Gasteiger partial charge in [0.2, 0.25) is 0 Å².